The molecule has 428 valence electrons. The Morgan fingerprint density at radius 1 is 0.279 bits per heavy atom. The first kappa shape index (κ1) is 56.4. The third kappa shape index (κ3) is 10.1. The molecule has 0 radical (unpaired) electrons. The molecule has 86 heavy (non-hydrogen) atoms. The lowest BCUT2D eigenvalue weighted by Crippen LogP contribution is -2.16. The van der Waals surface area contributed by atoms with E-state index in [1.165, 1.54) is 110 Å². The minimum Gasteiger partial charge on any atom is -0.309 e. The summed E-state index contributed by atoms with van der Waals surface area (Å²) >= 11 is 0. The predicted molar refractivity (Wildman–Crippen MR) is 374 cm³/mol. The second kappa shape index (κ2) is 20.5. The van der Waals surface area contributed by atoms with E-state index in [0.717, 1.165) is 39.3 Å². The van der Waals surface area contributed by atoms with E-state index in [-0.39, 0.29) is 27.1 Å². The van der Waals surface area contributed by atoms with Gasteiger partial charge in [0.2, 0.25) is 0 Å². The van der Waals surface area contributed by atoms with Crippen LogP contribution in [0.1, 0.15) is 132 Å². The van der Waals surface area contributed by atoms with Crippen LogP contribution in [-0.4, -0.2) is 4.57 Å². The highest BCUT2D eigenvalue weighted by atomic mass is 15.1. The first-order valence-corrected chi connectivity index (χ1v) is 31.1. The van der Waals surface area contributed by atoms with Crippen molar-refractivity contribution in [1.29, 1.82) is 0 Å². The zero-order chi connectivity index (χ0) is 60.4. The molecule has 0 aliphatic carbocycles. The number of rotatable bonds is 8. The number of anilines is 3. The Hall–Kier alpha value is -8.72. The van der Waals surface area contributed by atoms with Gasteiger partial charge in [-0.25, -0.2) is 0 Å². The molecule has 13 rings (SSSR count). The first-order chi connectivity index (χ1) is 40.8. The van der Waals surface area contributed by atoms with Gasteiger partial charge in [-0.3, -0.25) is 0 Å². The number of nitrogens with zero attached hydrogens (tertiary/aromatic N) is 2. The van der Waals surface area contributed by atoms with Crippen molar-refractivity contribution >= 4 is 71.2 Å². The predicted octanol–water partition coefficient (Wildman–Crippen LogP) is 24.3. The van der Waals surface area contributed by atoms with Gasteiger partial charge < -0.3 is 9.47 Å². The molecule has 0 N–H and O–H groups in total. The molecule has 2 heteroatoms. The fourth-order valence-corrected chi connectivity index (χ4v) is 13.1. The maximum absolute atomic E-state index is 2.62. The van der Waals surface area contributed by atoms with Crippen LogP contribution in [0.25, 0.3) is 104 Å². The summed E-state index contributed by atoms with van der Waals surface area (Å²) in [5.41, 5.74) is 22.9. The molecule has 0 saturated heterocycles. The van der Waals surface area contributed by atoms with E-state index in [2.05, 4.69) is 338 Å². The van der Waals surface area contributed by atoms with Crippen molar-refractivity contribution in [3.8, 4) is 50.2 Å². The average Bonchev–Trinajstić information content (AvgIpc) is 1.21. The topological polar surface area (TPSA) is 8.17 Å². The molecule has 0 bridgehead atoms. The molecular formula is C84H82N2. The van der Waals surface area contributed by atoms with Crippen molar-refractivity contribution in [2.24, 2.45) is 0 Å². The van der Waals surface area contributed by atoms with Crippen LogP contribution in [0.15, 0.2) is 224 Å². The molecule has 12 aromatic carbocycles. The van der Waals surface area contributed by atoms with Crippen LogP contribution in [-0.2, 0) is 27.1 Å². The van der Waals surface area contributed by atoms with Crippen molar-refractivity contribution in [3.05, 3.63) is 252 Å². The van der Waals surface area contributed by atoms with Crippen LogP contribution in [0.2, 0.25) is 0 Å². The highest BCUT2D eigenvalue weighted by molar-refractivity contribution is 6.28. The number of hydrogen-bond donors (Lipinski definition) is 0. The van der Waals surface area contributed by atoms with Crippen molar-refractivity contribution in [2.45, 2.75) is 131 Å². The van der Waals surface area contributed by atoms with Gasteiger partial charge in [-0.15, -0.1) is 0 Å². The van der Waals surface area contributed by atoms with Gasteiger partial charge in [-0.05, 0) is 164 Å². The molecule has 0 aliphatic heterocycles. The third-order valence-corrected chi connectivity index (χ3v) is 18.3. The van der Waals surface area contributed by atoms with E-state index in [9.17, 15) is 0 Å². The number of aromatic nitrogens is 1. The normalized spacial score (nSPS) is 12.8. The van der Waals surface area contributed by atoms with Crippen molar-refractivity contribution in [3.63, 3.8) is 0 Å². The number of para-hydroxylation sites is 1. The lowest BCUT2D eigenvalue weighted by atomic mass is 9.78. The van der Waals surface area contributed by atoms with Gasteiger partial charge in [0, 0.05) is 38.4 Å². The second-order valence-electron chi connectivity index (χ2n) is 29.6. The quantitative estimate of drug-likeness (QED) is 0.138. The summed E-state index contributed by atoms with van der Waals surface area (Å²) < 4.78 is 2.55. The minimum atomic E-state index is -0.188. The molecule has 0 amide bonds. The summed E-state index contributed by atoms with van der Waals surface area (Å²) in [4.78, 5) is 2.62. The average molecular weight is 1120 g/mol. The molecule has 2 nitrogen and oxygen atoms in total. The Morgan fingerprint density at radius 3 is 1.20 bits per heavy atom. The molecule has 0 unspecified atom stereocenters. The van der Waals surface area contributed by atoms with Gasteiger partial charge in [-0.2, -0.15) is 0 Å². The van der Waals surface area contributed by atoms with Crippen LogP contribution in [0, 0.1) is 0 Å². The lowest BCUT2D eigenvalue weighted by molar-refractivity contribution is 0.569. The zero-order valence-corrected chi connectivity index (χ0v) is 53.3. The molecule has 0 aliphatic rings. The van der Waals surface area contributed by atoms with E-state index in [0.29, 0.717) is 0 Å². The van der Waals surface area contributed by atoms with E-state index < -0.39 is 0 Å². The molecule has 1 aromatic heterocycles. The number of hydrogen-bond acceptors (Lipinski definition) is 1. The van der Waals surface area contributed by atoms with Gasteiger partial charge in [0.1, 0.15) is 0 Å². The van der Waals surface area contributed by atoms with Gasteiger partial charge in [0.25, 0.3) is 0 Å². The second-order valence-corrected chi connectivity index (χ2v) is 29.6. The van der Waals surface area contributed by atoms with Crippen LogP contribution >= 0.6 is 0 Å². The maximum atomic E-state index is 2.62. The Morgan fingerprint density at radius 2 is 0.698 bits per heavy atom. The van der Waals surface area contributed by atoms with E-state index in [1.807, 2.05) is 0 Å². The molecule has 0 saturated carbocycles. The first-order valence-electron chi connectivity index (χ1n) is 31.1. The monoisotopic (exact) mass is 1120 g/mol. The Labute approximate surface area is 511 Å². The highest BCUT2D eigenvalue weighted by Crippen LogP contribution is 2.52. The fourth-order valence-electron chi connectivity index (χ4n) is 13.1. The number of fused-ring (bicyclic) bond motifs is 3. The number of benzene rings is 12. The van der Waals surface area contributed by atoms with Gasteiger partial charge in [0.15, 0.2) is 0 Å². The SMILES string of the molecule is CC(C)(C)c1cc(-c2cccc(-c3cc(C(C)(C)C)cc(C(C)(C)C)c3)c2)cc(N(c2c(-c3ccccc3)cccc2-c2ccccc2)c2ccc3ccc4c(-n5c6ccc(C(C)(C)C)cc6c6cc(C(C)(C)C)ccc65)ccc5ccc2c3c54)c1. The van der Waals surface area contributed by atoms with E-state index in [4.69, 9.17) is 0 Å². The zero-order valence-electron chi connectivity index (χ0n) is 53.3. The Kier molecular flexibility index (Phi) is 13.4. The summed E-state index contributed by atoms with van der Waals surface area (Å²) in [5, 5.41) is 10.0. The summed E-state index contributed by atoms with van der Waals surface area (Å²) in [6.45, 7) is 35.0. The smallest absolute Gasteiger partial charge is 0.0618 e. The Bertz CT molecular complexity index is 4580. The molecule has 0 fully saturated rings. The lowest BCUT2D eigenvalue weighted by Gasteiger charge is -2.33. The van der Waals surface area contributed by atoms with Crippen LogP contribution < -0.4 is 4.90 Å². The molecular weight excluding hydrogens is 1040 g/mol. The molecule has 0 spiro atoms. The van der Waals surface area contributed by atoms with E-state index in [1.54, 1.807) is 0 Å². The fraction of sp³-hybridized carbons (Fsp3) is 0.238. The summed E-state index contributed by atoms with van der Waals surface area (Å²) in [6.07, 6.45) is 0. The summed E-state index contributed by atoms with van der Waals surface area (Å²) in [7, 11) is 0. The van der Waals surface area contributed by atoms with Crippen LogP contribution in [0.3, 0.4) is 0 Å². The van der Waals surface area contributed by atoms with E-state index >= 15 is 0 Å². The highest BCUT2D eigenvalue weighted by Gasteiger charge is 2.29. The van der Waals surface area contributed by atoms with Gasteiger partial charge in [-0.1, -0.05) is 274 Å². The largest absolute Gasteiger partial charge is 0.309 e. The van der Waals surface area contributed by atoms with Crippen molar-refractivity contribution in [2.75, 3.05) is 4.90 Å². The van der Waals surface area contributed by atoms with Crippen molar-refractivity contribution < 1.29 is 0 Å². The molecule has 13 aromatic rings. The molecule has 0 atom stereocenters. The Balaban J connectivity index is 1.10. The van der Waals surface area contributed by atoms with Crippen molar-refractivity contribution in [1.82, 2.24) is 4.57 Å². The van der Waals surface area contributed by atoms with Gasteiger partial charge >= 0.3 is 0 Å². The third-order valence-electron chi connectivity index (χ3n) is 18.3. The van der Waals surface area contributed by atoms with Crippen LogP contribution in [0.5, 0.6) is 0 Å². The van der Waals surface area contributed by atoms with Gasteiger partial charge in [0.05, 0.1) is 28.1 Å². The standard InChI is InChI=1S/C84H82N2/c1-80(2,3)61-36-42-75-71(51-61)72-52-62(81(4,5)6)37-43-76(72)86(75)74-41-35-56-32-38-69-73(40-34-55-33-39-70(74)78(56)77(55)69)85(79-67(53-24-18-16-19-25-53)30-23-31-68(79)54-26-20-17-21-27-54)66-48-60(47-65(50-66)84(13,14)15)58-29-22-28-57(44-58)59-45-63(82(7,8)9)49-64(46-59)83(10,11)12/h16-52H,1-15H3. The summed E-state index contributed by atoms with van der Waals surface area (Å²) in [5.74, 6) is 0. The minimum absolute atomic E-state index is 0.00288. The maximum Gasteiger partial charge on any atom is 0.0618 e. The molecule has 1 heterocycles. The summed E-state index contributed by atoms with van der Waals surface area (Å²) in [6, 6.07) is 86.2. The van der Waals surface area contributed by atoms with Crippen LogP contribution in [0.4, 0.5) is 17.1 Å².